The molecule has 1 amide bonds. The van der Waals surface area contributed by atoms with E-state index in [1.54, 1.807) is 19.1 Å². The Morgan fingerprint density at radius 2 is 2.42 bits per heavy atom. The highest BCUT2D eigenvalue weighted by Gasteiger charge is 2.30. The van der Waals surface area contributed by atoms with Crippen LogP contribution in [0.1, 0.15) is 17.9 Å². The minimum Gasteiger partial charge on any atom is -0.550 e. The van der Waals surface area contributed by atoms with Gasteiger partial charge in [-0.1, -0.05) is 11.8 Å². The second-order valence-electron chi connectivity index (χ2n) is 3.77. The van der Waals surface area contributed by atoms with Crippen molar-refractivity contribution in [2.45, 2.75) is 18.6 Å². The third-order valence-electron chi connectivity index (χ3n) is 2.22. The van der Waals surface area contributed by atoms with Crippen LogP contribution in [0.3, 0.4) is 0 Å². The van der Waals surface area contributed by atoms with E-state index < -0.39 is 17.1 Å². The molecule has 0 unspecified atom stereocenters. The first kappa shape index (κ1) is 13.3. The molecule has 7 nitrogen and oxygen atoms in total. The molecule has 0 radical (unpaired) electrons. The first-order valence-corrected chi connectivity index (χ1v) is 6.27. The maximum absolute atomic E-state index is 11.4. The molecule has 2 rings (SSSR count). The Bertz CT molecular complexity index is 564. The maximum atomic E-state index is 11.4. The number of carbonyl (C=O) groups is 2. The zero-order valence-corrected chi connectivity index (χ0v) is 10.8. The highest BCUT2D eigenvalue weighted by molar-refractivity contribution is 8.15. The predicted octanol–water partition coefficient (Wildman–Crippen LogP) is -0.350. The third kappa shape index (κ3) is 3.68. The zero-order chi connectivity index (χ0) is 13.8. The Balaban J connectivity index is 1.96. The van der Waals surface area contributed by atoms with E-state index in [2.05, 4.69) is 15.5 Å². The van der Waals surface area contributed by atoms with Gasteiger partial charge in [-0.05, 0) is 19.1 Å². The molecule has 0 saturated carbocycles. The molecule has 1 aliphatic heterocycles. The van der Waals surface area contributed by atoms with Crippen molar-refractivity contribution in [3.63, 3.8) is 0 Å². The van der Waals surface area contributed by atoms with Crippen LogP contribution in [0.4, 0.5) is 0 Å². The van der Waals surface area contributed by atoms with Gasteiger partial charge in [0.1, 0.15) is 11.5 Å². The average Bonchev–Trinajstić information content (AvgIpc) is 2.86. The Labute approximate surface area is 112 Å². The van der Waals surface area contributed by atoms with Gasteiger partial charge in [0.2, 0.25) is 5.91 Å². The molecule has 0 aliphatic carbocycles. The number of amidine groups is 1. The Kier molecular flexibility index (Phi) is 4.00. The molecule has 1 aromatic rings. The molecule has 1 atom stereocenters. The Morgan fingerprint density at radius 1 is 1.63 bits per heavy atom. The summed E-state index contributed by atoms with van der Waals surface area (Å²) in [7, 11) is 0. The monoisotopic (exact) mass is 280 g/mol. The number of carboxylic acids is 1. The smallest absolute Gasteiger partial charge is 0.239 e. The number of hydrogen-bond acceptors (Lipinski definition) is 7. The summed E-state index contributed by atoms with van der Waals surface area (Å²) in [6.07, 6.45) is 1.05. The van der Waals surface area contributed by atoms with Gasteiger partial charge in [-0.3, -0.25) is 4.79 Å². The van der Waals surface area contributed by atoms with E-state index in [9.17, 15) is 14.7 Å². The molecule has 0 spiro atoms. The number of rotatable bonds is 4. The van der Waals surface area contributed by atoms with Crippen LogP contribution in [0.25, 0.3) is 0 Å². The fraction of sp³-hybridized carbons (Fsp3) is 0.273. The van der Waals surface area contributed by atoms with E-state index in [-0.39, 0.29) is 11.6 Å². The highest BCUT2D eigenvalue weighted by Crippen LogP contribution is 2.21. The maximum Gasteiger partial charge on any atom is 0.239 e. The summed E-state index contributed by atoms with van der Waals surface area (Å²) >= 11 is 1.01. The van der Waals surface area contributed by atoms with E-state index in [1.165, 1.54) is 6.21 Å². The van der Waals surface area contributed by atoms with Crippen molar-refractivity contribution < 1.29 is 19.1 Å². The van der Waals surface area contributed by atoms with Gasteiger partial charge in [0, 0.05) is 12.4 Å². The van der Waals surface area contributed by atoms with E-state index in [1.807, 2.05) is 0 Å². The van der Waals surface area contributed by atoms with Crippen molar-refractivity contribution >= 4 is 35.0 Å². The van der Waals surface area contributed by atoms with Gasteiger partial charge in [0.05, 0.1) is 11.5 Å². The van der Waals surface area contributed by atoms with Crippen LogP contribution < -0.4 is 10.4 Å². The van der Waals surface area contributed by atoms with Crippen LogP contribution in [0, 0.1) is 6.92 Å². The number of carbonyl (C=O) groups excluding carboxylic acids is 2. The molecule has 19 heavy (non-hydrogen) atoms. The molecule has 1 fully saturated rings. The number of carboxylic acid groups (broad SMARTS) is 1. The molecule has 1 saturated heterocycles. The van der Waals surface area contributed by atoms with Crippen LogP contribution in [0.2, 0.25) is 0 Å². The quantitative estimate of drug-likeness (QED) is 0.599. The second kappa shape index (κ2) is 5.70. The molecule has 8 heteroatoms. The summed E-state index contributed by atoms with van der Waals surface area (Å²) in [6, 6.07) is 3.52. The van der Waals surface area contributed by atoms with Gasteiger partial charge in [0.15, 0.2) is 5.17 Å². The highest BCUT2D eigenvalue weighted by atomic mass is 32.2. The van der Waals surface area contributed by atoms with Crippen LogP contribution >= 0.6 is 11.8 Å². The fourth-order valence-corrected chi connectivity index (χ4v) is 2.31. The lowest BCUT2D eigenvalue weighted by Crippen LogP contribution is -2.31. The van der Waals surface area contributed by atoms with Crippen molar-refractivity contribution in [2.75, 3.05) is 0 Å². The van der Waals surface area contributed by atoms with Crippen molar-refractivity contribution in [2.24, 2.45) is 10.2 Å². The summed E-state index contributed by atoms with van der Waals surface area (Å²) < 4.78 is 5.24. The number of nitrogens with zero attached hydrogens (tertiary/aromatic N) is 2. The van der Waals surface area contributed by atoms with Crippen LogP contribution in [0.15, 0.2) is 26.8 Å². The standard InChI is InChI=1S/C11H11N3O4S/c1-6-2-3-7(18-6)5-12-14-11-13-10(17)8(19-11)4-9(15)16/h2-3,5,8H,4H2,1H3,(H,15,16)(H,13,14,17)/p-1/b12-5-/t8-/m0/s1. The Morgan fingerprint density at radius 3 is 3.05 bits per heavy atom. The molecule has 1 aromatic heterocycles. The number of aliphatic carboxylic acids is 1. The third-order valence-corrected chi connectivity index (χ3v) is 3.30. The molecular weight excluding hydrogens is 270 g/mol. The van der Waals surface area contributed by atoms with Crippen molar-refractivity contribution in [3.05, 3.63) is 23.7 Å². The van der Waals surface area contributed by atoms with Crippen LogP contribution in [0.5, 0.6) is 0 Å². The minimum atomic E-state index is -1.27. The molecule has 0 aromatic carbocycles. The lowest BCUT2D eigenvalue weighted by atomic mass is 10.3. The Hall–Kier alpha value is -2.09. The molecule has 1 aliphatic rings. The molecule has 1 N–H and O–H groups in total. The molecule has 2 heterocycles. The summed E-state index contributed by atoms with van der Waals surface area (Å²) in [5.74, 6) is -0.380. The lowest BCUT2D eigenvalue weighted by molar-refractivity contribution is -0.305. The van der Waals surface area contributed by atoms with Gasteiger partial charge < -0.3 is 19.6 Å². The number of hydrogen-bond donors (Lipinski definition) is 1. The zero-order valence-electron chi connectivity index (χ0n) is 9.95. The number of nitrogens with one attached hydrogen (secondary N) is 1. The van der Waals surface area contributed by atoms with E-state index in [4.69, 9.17) is 4.42 Å². The summed E-state index contributed by atoms with van der Waals surface area (Å²) in [5.41, 5.74) is 0. The van der Waals surface area contributed by atoms with Gasteiger partial charge in [-0.25, -0.2) is 0 Å². The van der Waals surface area contributed by atoms with Crippen LogP contribution in [-0.4, -0.2) is 28.5 Å². The number of thioether (sulfide) groups is 1. The number of amides is 1. The van der Waals surface area contributed by atoms with Gasteiger partial charge in [-0.15, -0.1) is 5.10 Å². The summed E-state index contributed by atoms with van der Waals surface area (Å²) in [6.45, 7) is 1.81. The van der Waals surface area contributed by atoms with Gasteiger partial charge >= 0.3 is 0 Å². The normalized spacial score (nSPS) is 21.2. The van der Waals surface area contributed by atoms with Crippen molar-refractivity contribution in [3.8, 4) is 0 Å². The molecule has 0 bridgehead atoms. The predicted molar refractivity (Wildman–Crippen MR) is 67.6 cm³/mol. The summed E-state index contributed by atoms with van der Waals surface area (Å²) in [4.78, 5) is 21.8. The molecule has 100 valence electrons. The fourth-order valence-electron chi connectivity index (χ4n) is 1.40. The van der Waals surface area contributed by atoms with Gasteiger partial charge in [0.25, 0.3) is 0 Å². The number of furan rings is 1. The first-order chi connectivity index (χ1) is 9.04. The molecular formula is C11H10N3O4S-. The van der Waals surface area contributed by atoms with E-state index >= 15 is 0 Å². The topological polar surface area (TPSA) is 107 Å². The lowest BCUT2D eigenvalue weighted by Gasteiger charge is -2.04. The van der Waals surface area contributed by atoms with E-state index in [0.717, 1.165) is 17.5 Å². The number of aryl methyl sites for hydroxylation is 1. The minimum absolute atomic E-state index is 0.260. The van der Waals surface area contributed by atoms with Crippen molar-refractivity contribution in [1.82, 2.24) is 5.32 Å². The summed E-state index contributed by atoms with van der Waals surface area (Å²) in [5, 5.41) is 19.9. The van der Waals surface area contributed by atoms with E-state index in [0.29, 0.717) is 5.76 Å². The second-order valence-corrected chi connectivity index (χ2v) is 4.96. The average molecular weight is 280 g/mol. The first-order valence-electron chi connectivity index (χ1n) is 5.39. The van der Waals surface area contributed by atoms with Crippen molar-refractivity contribution in [1.29, 1.82) is 0 Å². The SMILES string of the molecule is Cc1ccc(/C=N\N=C2\NC(=O)[C@H](CC(=O)[O-])S2)o1. The van der Waals surface area contributed by atoms with Gasteiger partial charge in [-0.2, -0.15) is 5.10 Å². The largest absolute Gasteiger partial charge is 0.550 e. The van der Waals surface area contributed by atoms with Crippen LogP contribution in [-0.2, 0) is 9.59 Å².